The van der Waals surface area contributed by atoms with Gasteiger partial charge in [-0.2, -0.15) is 0 Å². The average Bonchev–Trinajstić information content (AvgIpc) is 3.22. The molecule has 1 unspecified atom stereocenters. The Bertz CT molecular complexity index is 890. The van der Waals surface area contributed by atoms with Crippen molar-refractivity contribution in [1.29, 1.82) is 0 Å². The van der Waals surface area contributed by atoms with Crippen molar-refractivity contribution in [3.63, 3.8) is 0 Å². The van der Waals surface area contributed by atoms with Gasteiger partial charge in [0.05, 0.1) is 38.0 Å². The van der Waals surface area contributed by atoms with Crippen LogP contribution >= 0.6 is 11.3 Å². The number of morpholine rings is 1. The van der Waals surface area contributed by atoms with Crippen molar-refractivity contribution < 1.29 is 23.9 Å². The van der Waals surface area contributed by atoms with Gasteiger partial charge >= 0.3 is 5.97 Å². The molecule has 4 rings (SSSR count). The molecule has 1 aromatic rings. The fraction of sp³-hybridized carbons (Fsp3) is 0.708. The third-order valence-corrected chi connectivity index (χ3v) is 8.15. The number of ether oxygens (including phenoxy) is 2. The van der Waals surface area contributed by atoms with Crippen molar-refractivity contribution in [2.24, 2.45) is 0 Å². The van der Waals surface area contributed by atoms with Crippen LogP contribution in [0.3, 0.4) is 0 Å². The predicted octanol–water partition coefficient (Wildman–Crippen LogP) is 1.61. The summed E-state index contributed by atoms with van der Waals surface area (Å²) in [6.45, 7) is 9.89. The largest absolute Gasteiger partial charge is 0.462 e. The molecule has 1 atom stereocenters. The van der Waals surface area contributed by atoms with Crippen LogP contribution in [0.4, 0.5) is 5.00 Å². The molecule has 0 radical (unpaired) electrons. The maximum Gasteiger partial charge on any atom is 0.341 e. The van der Waals surface area contributed by atoms with Crippen molar-refractivity contribution in [2.45, 2.75) is 45.6 Å². The van der Waals surface area contributed by atoms with Gasteiger partial charge in [-0.05, 0) is 45.1 Å². The molecule has 1 N–H and O–H groups in total. The van der Waals surface area contributed by atoms with Gasteiger partial charge in [0.2, 0.25) is 11.8 Å². The number of hydrogen-bond donors (Lipinski definition) is 1. The van der Waals surface area contributed by atoms with E-state index in [1.807, 2.05) is 11.8 Å². The van der Waals surface area contributed by atoms with E-state index < -0.39 is 0 Å². The third kappa shape index (κ3) is 5.79. The first-order chi connectivity index (χ1) is 16.5. The van der Waals surface area contributed by atoms with Crippen LogP contribution in [-0.2, 0) is 31.9 Å². The summed E-state index contributed by atoms with van der Waals surface area (Å²) in [5.74, 6) is -0.337. The molecule has 0 spiro atoms. The summed E-state index contributed by atoms with van der Waals surface area (Å²) in [4.78, 5) is 45.8. The highest BCUT2D eigenvalue weighted by Crippen LogP contribution is 2.38. The van der Waals surface area contributed by atoms with Crippen LogP contribution < -0.4 is 5.32 Å². The summed E-state index contributed by atoms with van der Waals surface area (Å²) < 4.78 is 10.7. The zero-order chi connectivity index (χ0) is 24.1. The predicted molar refractivity (Wildman–Crippen MR) is 130 cm³/mol. The summed E-state index contributed by atoms with van der Waals surface area (Å²) in [5, 5.41) is 3.64. The molecule has 1 aromatic heterocycles. The minimum Gasteiger partial charge on any atom is -0.462 e. The van der Waals surface area contributed by atoms with Gasteiger partial charge < -0.3 is 19.7 Å². The minimum absolute atomic E-state index is 0.128. The Morgan fingerprint density at radius 1 is 1.06 bits per heavy atom. The Hall–Kier alpha value is -2.01. The first kappa shape index (κ1) is 25.1. The smallest absolute Gasteiger partial charge is 0.341 e. The average molecular weight is 493 g/mol. The quantitative estimate of drug-likeness (QED) is 0.578. The number of carbonyl (C=O) groups excluding carboxylic acids is 3. The summed E-state index contributed by atoms with van der Waals surface area (Å²) in [7, 11) is 0. The Morgan fingerprint density at radius 2 is 1.76 bits per heavy atom. The van der Waals surface area contributed by atoms with E-state index >= 15 is 0 Å². The van der Waals surface area contributed by atoms with Crippen LogP contribution in [0.15, 0.2) is 0 Å². The lowest BCUT2D eigenvalue weighted by Crippen LogP contribution is -2.55. The van der Waals surface area contributed by atoms with Crippen LogP contribution in [0, 0.1) is 0 Å². The number of esters is 1. The second-order valence-electron chi connectivity index (χ2n) is 9.11. The number of carbonyl (C=O) groups is 3. The molecule has 2 amide bonds. The monoisotopic (exact) mass is 492 g/mol. The molecule has 2 fully saturated rings. The molecular formula is C24H36N4O5S. The molecule has 2 aliphatic heterocycles. The summed E-state index contributed by atoms with van der Waals surface area (Å²) in [5.41, 5.74) is 1.59. The molecule has 0 aromatic carbocycles. The minimum atomic E-state index is -0.356. The molecule has 0 saturated carbocycles. The first-order valence-corrected chi connectivity index (χ1v) is 13.2. The molecule has 3 aliphatic rings. The fourth-order valence-corrected chi connectivity index (χ4v) is 6.14. The van der Waals surface area contributed by atoms with Crippen LogP contribution in [0.5, 0.6) is 0 Å². The van der Waals surface area contributed by atoms with Crippen molar-refractivity contribution >= 4 is 34.1 Å². The SMILES string of the molecule is CCOC(=O)c1c(NC(=O)C(C)N2CCN(C(=O)CN3CCOCC3)CC2)sc2c1CCCC2. The van der Waals surface area contributed by atoms with Gasteiger partial charge in [-0.3, -0.25) is 19.4 Å². The number of hydrogen-bond acceptors (Lipinski definition) is 8. The number of nitrogens with one attached hydrogen (secondary N) is 1. The molecule has 34 heavy (non-hydrogen) atoms. The number of rotatable bonds is 7. The standard InChI is InChI=1S/C24H36N4O5S/c1-3-33-24(31)21-18-6-4-5-7-19(18)34-23(21)25-22(30)17(2)27-8-10-28(11-9-27)20(29)16-26-12-14-32-15-13-26/h17H,3-16H2,1-2H3,(H,25,30). The lowest BCUT2D eigenvalue weighted by Gasteiger charge is -2.38. The molecule has 3 heterocycles. The lowest BCUT2D eigenvalue weighted by atomic mass is 9.95. The highest BCUT2D eigenvalue weighted by atomic mass is 32.1. The Labute approximate surface area is 205 Å². The summed E-state index contributed by atoms with van der Waals surface area (Å²) in [6, 6.07) is -0.356. The third-order valence-electron chi connectivity index (χ3n) is 6.94. The lowest BCUT2D eigenvalue weighted by molar-refractivity contribution is -0.135. The zero-order valence-corrected chi connectivity index (χ0v) is 21.1. The molecule has 10 heteroatoms. The highest BCUT2D eigenvalue weighted by Gasteiger charge is 2.31. The van der Waals surface area contributed by atoms with E-state index in [1.165, 1.54) is 16.2 Å². The van der Waals surface area contributed by atoms with Crippen LogP contribution in [-0.4, -0.2) is 104 Å². The van der Waals surface area contributed by atoms with E-state index in [1.54, 1.807) is 6.92 Å². The fourth-order valence-electron chi connectivity index (χ4n) is 4.86. The number of fused-ring (bicyclic) bond motifs is 1. The molecule has 1 aliphatic carbocycles. The summed E-state index contributed by atoms with van der Waals surface area (Å²) in [6.07, 6.45) is 3.95. The Kier molecular flexibility index (Phi) is 8.57. The molecule has 0 bridgehead atoms. The van der Waals surface area contributed by atoms with Gasteiger partial charge in [0.1, 0.15) is 5.00 Å². The van der Waals surface area contributed by atoms with Crippen molar-refractivity contribution in [2.75, 3.05) is 71.0 Å². The van der Waals surface area contributed by atoms with Crippen LogP contribution in [0.25, 0.3) is 0 Å². The first-order valence-electron chi connectivity index (χ1n) is 12.4. The highest BCUT2D eigenvalue weighted by molar-refractivity contribution is 7.17. The van der Waals surface area contributed by atoms with E-state index in [0.717, 1.165) is 44.3 Å². The van der Waals surface area contributed by atoms with E-state index in [9.17, 15) is 14.4 Å². The number of anilines is 1. The van der Waals surface area contributed by atoms with Gasteiger partial charge in [-0.1, -0.05) is 0 Å². The van der Waals surface area contributed by atoms with Gasteiger partial charge in [-0.15, -0.1) is 11.3 Å². The maximum atomic E-state index is 13.1. The summed E-state index contributed by atoms with van der Waals surface area (Å²) >= 11 is 1.51. The van der Waals surface area contributed by atoms with E-state index in [-0.39, 0.29) is 23.8 Å². The van der Waals surface area contributed by atoms with Crippen molar-refractivity contribution in [3.8, 4) is 0 Å². The molecule has 2 saturated heterocycles. The number of thiophene rings is 1. The van der Waals surface area contributed by atoms with Gasteiger partial charge in [0.15, 0.2) is 0 Å². The number of piperazine rings is 1. The topological polar surface area (TPSA) is 91.4 Å². The Morgan fingerprint density at radius 3 is 2.47 bits per heavy atom. The zero-order valence-electron chi connectivity index (χ0n) is 20.3. The van der Waals surface area contributed by atoms with Crippen molar-refractivity contribution in [1.82, 2.24) is 14.7 Å². The van der Waals surface area contributed by atoms with Crippen LogP contribution in [0.2, 0.25) is 0 Å². The second-order valence-corrected chi connectivity index (χ2v) is 10.2. The van der Waals surface area contributed by atoms with E-state index in [0.29, 0.717) is 63.1 Å². The van der Waals surface area contributed by atoms with Gasteiger partial charge in [0.25, 0.3) is 0 Å². The van der Waals surface area contributed by atoms with Crippen molar-refractivity contribution in [3.05, 3.63) is 16.0 Å². The number of aryl methyl sites for hydroxylation is 1. The van der Waals surface area contributed by atoms with Gasteiger partial charge in [-0.25, -0.2) is 4.79 Å². The molecule has 188 valence electrons. The Balaban J connectivity index is 1.33. The molecular weight excluding hydrogens is 456 g/mol. The maximum absolute atomic E-state index is 13.1. The second kappa shape index (κ2) is 11.6. The molecule has 9 nitrogen and oxygen atoms in total. The van der Waals surface area contributed by atoms with E-state index in [4.69, 9.17) is 9.47 Å². The van der Waals surface area contributed by atoms with E-state index in [2.05, 4.69) is 15.1 Å². The number of amides is 2. The van der Waals surface area contributed by atoms with Gasteiger partial charge in [0, 0.05) is 44.1 Å². The number of nitrogens with zero attached hydrogens (tertiary/aromatic N) is 3. The normalized spacial score (nSPS) is 20.5. The van der Waals surface area contributed by atoms with Crippen LogP contribution in [0.1, 0.15) is 47.5 Å².